The van der Waals surface area contributed by atoms with Crippen molar-refractivity contribution in [3.8, 4) is 17.0 Å². The molecule has 0 aliphatic heterocycles. The Kier molecular flexibility index (Phi) is 4.23. The summed E-state index contributed by atoms with van der Waals surface area (Å²) in [4.78, 5) is 0. The third-order valence-corrected chi connectivity index (χ3v) is 3.26. The summed E-state index contributed by atoms with van der Waals surface area (Å²) in [6.45, 7) is 8.15. The summed E-state index contributed by atoms with van der Waals surface area (Å²) < 4.78 is 5.65. The van der Waals surface area contributed by atoms with Gasteiger partial charge in [0.15, 0.2) is 5.82 Å². The van der Waals surface area contributed by atoms with Crippen molar-refractivity contribution >= 4 is 5.82 Å². The SMILES string of the molecule is CNc1nnc(-c2ccc(OC(C)C)cc2)c(C)c1C. The zero-order valence-corrected chi connectivity index (χ0v) is 12.7. The number of anilines is 1. The van der Waals surface area contributed by atoms with Gasteiger partial charge in [-0.1, -0.05) is 0 Å². The van der Waals surface area contributed by atoms with Gasteiger partial charge in [-0.15, -0.1) is 10.2 Å². The molecule has 0 atom stereocenters. The van der Waals surface area contributed by atoms with Gasteiger partial charge < -0.3 is 10.1 Å². The van der Waals surface area contributed by atoms with Gasteiger partial charge in [-0.2, -0.15) is 0 Å². The van der Waals surface area contributed by atoms with E-state index in [9.17, 15) is 0 Å². The molecule has 0 saturated heterocycles. The fourth-order valence-electron chi connectivity index (χ4n) is 2.08. The zero-order valence-electron chi connectivity index (χ0n) is 12.7. The molecule has 2 aromatic rings. The number of hydrogen-bond donors (Lipinski definition) is 1. The molecular weight excluding hydrogens is 250 g/mol. The quantitative estimate of drug-likeness (QED) is 0.923. The molecule has 1 heterocycles. The van der Waals surface area contributed by atoms with Crippen LogP contribution in [0, 0.1) is 13.8 Å². The van der Waals surface area contributed by atoms with E-state index >= 15 is 0 Å². The van der Waals surface area contributed by atoms with Crippen molar-refractivity contribution < 1.29 is 4.74 Å². The minimum Gasteiger partial charge on any atom is -0.491 e. The average Bonchev–Trinajstić information content (AvgIpc) is 2.42. The van der Waals surface area contributed by atoms with Crippen LogP contribution in [0.5, 0.6) is 5.75 Å². The Balaban J connectivity index is 2.35. The summed E-state index contributed by atoms with van der Waals surface area (Å²) in [6, 6.07) is 7.98. The van der Waals surface area contributed by atoms with Crippen LogP contribution in [-0.4, -0.2) is 23.3 Å². The number of benzene rings is 1. The Morgan fingerprint density at radius 2 is 1.65 bits per heavy atom. The van der Waals surface area contributed by atoms with Crippen molar-refractivity contribution in [3.05, 3.63) is 35.4 Å². The van der Waals surface area contributed by atoms with Gasteiger partial charge in [0.2, 0.25) is 0 Å². The molecular formula is C16H21N3O. The molecule has 106 valence electrons. The smallest absolute Gasteiger partial charge is 0.151 e. The Labute approximate surface area is 120 Å². The Morgan fingerprint density at radius 1 is 1.00 bits per heavy atom. The first kappa shape index (κ1) is 14.3. The van der Waals surface area contributed by atoms with Crippen LogP contribution < -0.4 is 10.1 Å². The van der Waals surface area contributed by atoms with Crippen molar-refractivity contribution in [2.45, 2.75) is 33.8 Å². The van der Waals surface area contributed by atoms with Gasteiger partial charge in [-0.3, -0.25) is 0 Å². The molecule has 0 saturated carbocycles. The Hall–Kier alpha value is -2.10. The van der Waals surface area contributed by atoms with E-state index in [0.29, 0.717) is 0 Å². The number of nitrogens with one attached hydrogen (secondary N) is 1. The summed E-state index contributed by atoms with van der Waals surface area (Å²) >= 11 is 0. The third kappa shape index (κ3) is 2.90. The predicted octanol–water partition coefficient (Wildman–Crippen LogP) is 3.59. The van der Waals surface area contributed by atoms with Crippen LogP contribution in [0.2, 0.25) is 0 Å². The molecule has 1 N–H and O–H groups in total. The molecule has 0 unspecified atom stereocenters. The maximum atomic E-state index is 5.65. The lowest BCUT2D eigenvalue weighted by molar-refractivity contribution is 0.242. The van der Waals surface area contributed by atoms with Crippen molar-refractivity contribution in [3.63, 3.8) is 0 Å². The highest BCUT2D eigenvalue weighted by Crippen LogP contribution is 2.27. The highest BCUT2D eigenvalue weighted by atomic mass is 16.5. The maximum absolute atomic E-state index is 5.65. The normalized spacial score (nSPS) is 10.7. The standard InChI is InChI=1S/C16H21N3O/c1-10(2)20-14-8-6-13(7-9-14)15-11(3)12(4)16(17-5)19-18-15/h6-10H,1-5H3,(H,17,19). The van der Waals surface area contributed by atoms with E-state index in [0.717, 1.165) is 34.0 Å². The molecule has 0 aliphatic rings. The Morgan fingerprint density at radius 3 is 2.20 bits per heavy atom. The van der Waals surface area contributed by atoms with Crippen molar-refractivity contribution in [1.82, 2.24) is 10.2 Å². The second-order valence-corrected chi connectivity index (χ2v) is 5.09. The molecule has 0 spiro atoms. The predicted molar refractivity (Wildman–Crippen MR) is 82.3 cm³/mol. The molecule has 0 radical (unpaired) electrons. The van der Waals surface area contributed by atoms with E-state index in [2.05, 4.69) is 29.4 Å². The number of nitrogens with zero attached hydrogens (tertiary/aromatic N) is 2. The fourth-order valence-corrected chi connectivity index (χ4v) is 2.08. The van der Waals surface area contributed by atoms with Crippen molar-refractivity contribution in [2.24, 2.45) is 0 Å². The third-order valence-electron chi connectivity index (χ3n) is 3.26. The molecule has 0 aliphatic carbocycles. The molecule has 0 fully saturated rings. The van der Waals surface area contributed by atoms with Crippen LogP contribution in [0.1, 0.15) is 25.0 Å². The van der Waals surface area contributed by atoms with Crippen LogP contribution in [0.4, 0.5) is 5.82 Å². The summed E-state index contributed by atoms with van der Waals surface area (Å²) in [5.74, 6) is 1.70. The van der Waals surface area contributed by atoms with Crippen molar-refractivity contribution in [1.29, 1.82) is 0 Å². The average molecular weight is 271 g/mol. The fraction of sp³-hybridized carbons (Fsp3) is 0.375. The van der Waals surface area contributed by atoms with Gasteiger partial charge in [0.1, 0.15) is 5.75 Å². The van der Waals surface area contributed by atoms with Gasteiger partial charge in [0, 0.05) is 12.6 Å². The number of hydrogen-bond acceptors (Lipinski definition) is 4. The van der Waals surface area contributed by atoms with E-state index in [1.54, 1.807) is 0 Å². The van der Waals surface area contributed by atoms with E-state index < -0.39 is 0 Å². The summed E-state index contributed by atoms with van der Waals surface area (Å²) in [5.41, 5.74) is 4.23. The lowest BCUT2D eigenvalue weighted by Gasteiger charge is -2.12. The zero-order chi connectivity index (χ0) is 14.7. The summed E-state index contributed by atoms with van der Waals surface area (Å²) in [6.07, 6.45) is 0.180. The highest BCUT2D eigenvalue weighted by molar-refractivity contribution is 5.66. The lowest BCUT2D eigenvalue weighted by Crippen LogP contribution is -2.05. The summed E-state index contributed by atoms with van der Waals surface area (Å²) in [5, 5.41) is 11.6. The van der Waals surface area contributed by atoms with Crippen LogP contribution >= 0.6 is 0 Å². The minimum atomic E-state index is 0.180. The second-order valence-electron chi connectivity index (χ2n) is 5.09. The number of ether oxygens (including phenoxy) is 1. The van der Waals surface area contributed by atoms with Gasteiger partial charge in [0.05, 0.1) is 11.8 Å². The van der Waals surface area contributed by atoms with E-state index in [1.165, 1.54) is 0 Å². The molecule has 0 amide bonds. The molecule has 1 aromatic heterocycles. The van der Waals surface area contributed by atoms with Gasteiger partial charge in [0.25, 0.3) is 0 Å². The molecule has 4 nitrogen and oxygen atoms in total. The molecule has 4 heteroatoms. The maximum Gasteiger partial charge on any atom is 0.151 e. The second kappa shape index (κ2) is 5.90. The number of aromatic nitrogens is 2. The monoisotopic (exact) mass is 271 g/mol. The van der Waals surface area contributed by atoms with Gasteiger partial charge in [-0.05, 0) is 63.1 Å². The molecule has 20 heavy (non-hydrogen) atoms. The molecule has 0 bridgehead atoms. The Bertz CT molecular complexity index is 591. The largest absolute Gasteiger partial charge is 0.491 e. The number of rotatable bonds is 4. The topological polar surface area (TPSA) is 47.0 Å². The first-order chi connectivity index (χ1) is 9.52. The van der Waals surface area contributed by atoms with E-state index in [-0.39, 0.29) is 6.10 Å². The highest BCUT2D eigenvalue weighted by Gasteiger charge is 2.10. The van der Waals surface area contributed by atoms with E-state index in [4.69, 9.17) is 4.74 Å². The molecule has 1 aromatic carbocycles. The summed E-state index contributed by atoms with van der Waals surface area (Å²) in [7, 11) is 1.86. The lowest BCUT2D eigenvalue weighted by atomic mass is 10.0. The van der Waals surface area contributed by atoms with Crippen molar-refractivity contribution in [2.75, 3.05) is 12.4 Å². The molecule has 2 rings (SSSR count). The van der Waals surface area contributed by atoms with Crippen LogP contribution in [0.15, 0.2) is 24.3 Å². The van der Waals surface area contributed by atoms with Crippen LogP contribution in [0.25, 0.3) is 11.3 Å². The minimum absolute atomic E-state index is 0.180. The first-order valence-electron chi connectivity index (χ1n) is 6.81. The van der Waals surface area contributed by atoms with Crippen LogP contribution in [-0.2, 0) is 0 Å². The van der Waals surface area contributed by atoms with Gasteiger partial charge >= 0.3 is 0 Å². The van der Waals surface area contributed by atoms with E-state index in [1.807, 2.05) is 45.2 Å². The van der Waals surface area contributed by atoms with Gasteiger partial charge in [-0.25, -0.2) is 0 Å². The van der Waals surface area contributed by atoms with Crippen LogP contribution in [0.3, 0.4) is 0 Å². The first-order valence-corrected chi connectivity index (χ1v) is 6.81.